The third kappa shape index (κ3) is 4.96. The third-order valence-electron chi connectivity index (χ3n) is 5.14. The first kappa shape index (κ1) is 22.6. The van der Waals surface area contributed by atoms with Gasteiger partial charge in [-0.1, -0.05) is 36.2 Å². The fourth-order valence-corrected chi connectivity index (χ4v) is 5.57. The van der Waals surface area contributed by atoms with Crippen molar-refractivity contribution in [2.45, 2.75) is 37.6 Å². The molecule has 0 radical (unpaired) electrons. The maximum Gasteiger partial charge on any atom is 0.253 e. The molecule has 1 aliphatic heterocycles. The summed E-state index contributed by atoms with van der Waals surface area (Å²) in [7, 11) is -2.06. The average Bonchev–Trinajstić information content (AvgIpc) is 2.75. The maximum atomic E-state index is 13.1. The van der Waals surface area contributed by atoms with Crippen molar-refractivity contribution in [3.05, 3.63) is 58.6 Å². The van der Waals surface area contributed by atoms with E-state index in [2.05, 4.69) is 0 Å². The summed E-state index contributed by atoms with van der Waals surface area (Å²) >= 11 is 6.22. The van der Waals surface area contributed by atoms with Crippen LogP contribution in [0, 0.1) is 0 Å². The predicted octanol–water partition coefficient (Wildman–Crippen LogP) is 4.19. The van der Waals surface area contributed by atoms with Gasteiger partial charge in [-0.2, -0.15) is 4.31 Å². The highest BCUT2D eigenvalue weighted by Gasteiger charge is 2.29. The molecule has 0 saturated carbocycles. The number of nitrogens with zero attached hydrogens (tertiary/aromatic N) is 2. The number of piperidine rings is 1. The Morgan fingerprint density at radius 1 is 1.13 bits per heavy atom. The maximum absolute atomic E-state index is 13.1. The molecular weight excluding hydrogens is 424 g/mol. The number of carbonyl (C=O) groups is 1. The minimum atomic E-state index is -3.74. The molecule has 1 heterocycles. The van der Waals surface area contributed by atoms with Crippen LogP contribution in [0.25, 0.3) is 0 Å². The quantitative estimate of drug-likeness (QED) is 0.634. The van der Waals surface area contributed by atoms with E-state index in [1.54, 1.807) is 18.0 Å². The van der Waals surface area contributed by atoms with Gasteiger partial charge in [-0.15, -0.1) is 0 Å². The van der Waals surface area contributed by atoms with Crippen molar-refractivity contribution in [3.63, 3.8) is 0 Å². The van der Waals surface area contributed by atoms with E-state index in [1.807, 2.05) is 31.2 Å². The largest absolute Gasteiger partial charge is 0.494 e. The molecule has 0 aromatic heterocycles. The van der Waals surface area contributed by atoms with Crippen LogP contribution < -0.4 is 4.74 Å². The monoisotopic (exact) mass is 450 g/mol. The molecule has 0 bridgehead atoms. The van der Waals surface area contributed by atoms with Gasteiger partial charge >= 0.3 is 0 Å². The first-order valence-electron chi connectivity index (χ1n) is 10.1. The standard InChI is InChI=1S/C22H27ClN2O4S/c1-3-29-20-10-6-5-9-18(20)16-24(2)22(26)17-11-12-19(23)21(15-17)30(27,28)25-13-7-4-8-14-25/h5-6,9-12,15H,3-4,7-8,13-14,16H2,1-2H3. The van der Waals surface area contributed by atoms with Gasteiger partial charge < -0.3 is 9.64 Å². The molecule has 0 N–H and O–H groups in total. The second kappa shape index (κ2) is 9.81. The summed E-state index contributed by atoms with van der Waals surface area (Å²) in [5.74, 6) is 0.442. The van der Waals surface area contributed by atoms with Crippen LogP contribution in [0.4, 0.5) is 0 Å². The Balaban J connectivity index is 1.84. The molecule has 6 nitrogen and oxygen atoms in total. The van der Waals surface area contributed by atoms with Gasteiger partial charge in [-0.25, -0.2) is 8.42 Å². The smallest absolute Gasteiger partial charge is 0.253 e. The number of ether oxygens (including phenoxy) is 1. The Morgan fingerprint density at radius 3 is 2.53 bits per heavy atom. The van der Waals surface area contributed by atoms with Crippen molar-refractivity contribution < 1.29 is 17.9 Å². The molecule has 0 spiro atoms. The van der Waals surface area contributed by atoms with E-state index >= 15 is 0 Å². The molecule has 1 fully saturated rings. The lowest BCUT2D eigenvalue weighted by Gasteiger charge is -2.26. The van der Waals surface area contributed by atoms with Gasteiger partial charge in [0.1, 0.15) is 10.6 Å². The third-order valence-corrected chi connectivity index (χ3v) is 7.52. The van der Waals surface area contributed by atoms with Gasteiger partial charge in [0.15, 0.2) is 0 Å². The van der Waals surface area contributed by atoms with Crippen molar-refractivity contribution >= 4 is 27.5 Å². The van der Waals surface area contributed by atoms with Crippen LogP contribution in [0.1, 0.15) is 42.1 Å². The van der Waals surface area contributed by atoms with E-state index in [0.717, 1.165) is 30.6 Å². The SMILES string of the molecule is CCOc1ccccc1CN(C)C(=O)c1ccc(Cl)c(S(=O)(=O)N2CCCCC2)c1. The summed E-state index contributed by atoms with van der Waals surface area (Å²) in [5.41, 5.74) is 1.16. The van der Waals surface area contributed by atoms with Crippen LogP contribution >= 0.6 is 11.6 Å². The molecule has 2 aromatic rings. The lowest BCUT2D eigenvalue weighted by atomic mass is 10.1. The highest BCUT2D eigenvalue weighted by atomic mass is 35.5. The molecule has 1 amide bonds. The molecule has 0 aliphatic carbocycles. The zero-order valence-electron chi connectivity index (χ0n) is 17.3. The van der Waals surface area contributed by atoms with Gasteiger partial charge in [0, 0.05) is 37.8 Å². The number of hydrogen-bond donors (Lipinski definition) is 0. The van der Waals surface area contributed by atoms with Crippen LogP contribution in [0.15, 0.2) is 47.4 Å². The first-order chi connectivity index (χ1) is 14.3. The van der Waals surface area contributed by atoms with Gasteiger partial charge in [-0.05, 0) is 44.0 Å². The second-order valence-corrected chi connectivity index (χ2v) is 9.63. The summed E-state index contributed by atoms with van der Waals surface area (Å²) in [4.78, 5) is 14.5. The summed E-state index contributed by atoms with van der Waals surface area (Å²) in [6.45, 7) is 3.73. The highest BCUT2D eigenvalue weighted by molar-refractivity contribution is 7.89. The number of para-hydroxylation sites is 1. The van der Waals surface area contributed by atoms with E-state index in [-0.39, 0.29) is 21.4 Å². The van der Waals surface area contributed by atoms with Crippen molar-refractivity contribution in [1.29, 1.82) is 0 Å². The van der Waals surface area contributed by atoms with E-state index in [4.69, 9.17) is 16.3 Å². The van der Waals surface area contributed by atoms with E-state index in [9.17, 15) is 13.2 Å². The molecule has 162 valence electrons. The Morgan fingerprint density at radius 2 is 1.83 bits per heavy atom. The van der Waals surface area contributed by atoms with E-state index in [0.29, 0.717) is 26.2 Å². The average molecular weight is 451 g/mol. The fourth-order valence-electron chi connectivity index (χ4n) is 3.56. The van der Waals surface area contributed by atoms with Crippen LogP contribution in [-0.2, 0) is 16.6 Å². The fraction of sp³-hybridized carbons (Fsp3) is 0.409. The Bertz CT molecular complexity index is 1000. The van der Waals surface area contributed by atoms with E-state index in [1.165, 1.54) is 16.4 Å². The minimum absolute atomic E-state index is 0.0139. The van der Waals surface area contributed by atoms with Gasteiger partial charge in [0.2, 0.25) is 10.0 Å². The highest BCUT2D eigenvalue weighted by Crippen LogP contribution is 2.28. The lowest BCUT2D eigenvalue weighted by Crippen LogP contribution is -2.36. The topological polar surface area (TPSA) is 66.9 Å². The molecule has 2 aromatic carbocycles. The molecule has 3 rings (SSSR count). The second-order valence-electron chi connectivity index (χ2n) is 7.31. The number of hydrogen-bond acceptors (Lipinski definition) is 4. The Labute approximate surface area is 183 Å². The number of sulfonamides is 1. The van der Waals surface area contributed by atoms with Crippen molar-refractivity contribution in [1.82, 2.24) is 9.21 Å². The zero-order chi connectivity index (χ0) is 21.7. The van der Waals surface area contributed by atoms with Crippen LogP contribution in [0.3, 0.4) is 0 Å². The van der Waals surface area contributed by atoms with Gasteiger partial charge in [0.25, 0.3) is 5.91 Å². The molecule has 30 heavy (non-hydrogen) atoms. The molecule has 1 aliphatic rings. The lowest BCUT2D eigenvalue weighted by molar-refractivity contribution is 0.0783. The number of amides is 1. The number of rotatable bonds is 7. The summed E-state index contributed by atoms with van der Waals surface area (Å²) < 4.78 is 33.2. The van der Waals surface area contributed by atoms with Crippen molar-refractivity contribution in [2.24, 2.45) is 0 Å². The number of halogens is 1. The van der Waals surface area contributed by atoms with Crippen molar-refractivity contribution in [3.8, 4) is 5.75 Å². The molecule has 1 saturated heterocycles. The molecular formula is C22H27ClN2O4S. The Kier molecular flexibility index (Phi) is 7.39. The molecule has 0 unspecified atom stereocenters. The zero-order valence-corrected chi connectivity index (χ0v) is 18.9. The molecule has 8 heteroatoms. The van der Waals surface area contributed by atoms with Crippen LogP contribution in [0.2, 0.25) is 5.02 Å². The van der Waals surface area contributed by atoms with Crippen LogP contribution in [-0.4, -0.2) is 50.3 Å². The number of carbonyl (C=O) groups excluding carboxylic acids is 1. The normalized spacial score (nSPS) is 15.0. The van der Waals surface area contributed by atoms with Gasteiger partial charge in [-0.3, -0.25) is 4.79 Å². The van der Waals surface area contributed by atoms with Crippen molar-refractivity contribution in [2.75, 3.05) is 26.7 Å². The predicted molar refractivity (Wildman–Crippen MR) is 117 cm³/mol. The summed E-state index contributed by atoms with van der Waals surface area (Å²) in [6.07, 6.45) is 2.68. The Hall–Kier alpha value is -2.09. The van der Waals surface area contributed by atoms with Crippen LogP contribution in [0.5, 0.6) is 5.75 Å². The minimum Gasteiger partial charge on any atom is -0.494 e. The van der Waals surface area contributed by atoms with E-state index < -0.39 is 10.0 Å². The number of benzene rings is 2. The van der Waals surface area contributed by atoms with Gasteiger partial charge in [0.05, 0.1) is 11.6 Å². The molecule has 0 atom stereocenters. The summed E-state index contributed by atoms with van der Waals surface area (Å²) in [5, 5.41) is 0.126. The first-order valence-corrected chi connectivity index (χ1v) is 11.9. The summed E-state index contributed by atoms with van der Waals surface area (Å²) in [6, 6.07) is 12.0.